The molecule has 1 aromatic rings. The first kappa shape index (κ1) is 15.0. The average molecular weight is 275 g/mol. The van der Waals surface area contributed by atoms with Crippen LogP contribution in [0.2, 0.25) is 0 Å². The first-order chi connectivity index (χ1) is 9.67. The van der Waals surface area contributed by atoms with Crippen LogP contribution < -0.4 is 11.3 Å². The van der Waals surface area contributed by atoms with Gasteiger partial charge in [-0.05, 0) is 31.7 Å². The molecule has 1 amide bonds. The molecule has 1 aromatic carbocycles. The van der Waals surface area contributed by atoms with Crippen molar-refractivity contribution in [2.75, 3.05) is 6.54 Å². The molecule has 0 spiro atoms. The third kappa shape index (κ3) is 3.19. The van der Waals surface area contributed by atoms with Gasteiger partial charge in [0.2, 0.25) is 5.91 Å². The lowest BCUT2D eigenvalue weighted by Gasteiger charge is -2.31. The number of nitrogens with zero attached hydrogens (tertiary/aromatic N) is 1. The van der Waals surface area contributed by atoms with Crippen LogP contribution in [0.1, 0.15) is 44.6 Å². The molecule has 2 rings (SSSR count). The van der Waals surface area contributed by atoms with Crippen LogP contribution >= 0.6 is 0 Å². The van der Waals surface area contributed by atoms with Crippen molar-refractivity contribution in [3.05, 3.63) is 35.9 Å². The lowest BCUT2D eigenvalue weighted by molar-refractivity contribution is -0.123. The van der Waals surface area contributed by atoms with Gasteiger partial charge in [-0.2, -0.15) is 0 Å². The number of hydrogen-bond donors (Lipinski definition) is 2. The second-order valence-corrected chi connectivity index (χ2v) is 5.66. The Morgan fingerprint density at radius 3 is 2.70 bits per heavy atom. The molecular weight excluding hydrogens is 250 g/mol. The average Bonchev–Trinajstić information content (AvgIpc) is 2.85. The molecule has 1 saturated heterocycles. The number of carbonyl (C=O) groups excluding carboxylic acids is 1. The van der Waals surface area contributed by atoms with Gasteiger partial charge in [0.15, 0.2) is 0 Å². The van der Waals surface area contributed by atoms with E-state index >= 15 is 0 Å². The Bertz CT molecular complexity index is 435. The highest BCUT2D eigenvalue weighted by atomic mass is 16.2. The predicted octanol–water partition coefficient (Wildman–Crippen LogP) is 2.02. The van der Waals surface area contributed by atoms with Crippen molar-refractivity contribution >= 4 is 5.91 Å². The highest BCUT2D eigenvalue weighted by Gasteiger charge is 2.33. The molecule has 4 nitrogen and oxygen atoms in total. The van der Waals surface area contributed by atoms with Gasteiger partial charge in [0.25, 0.3) is 0 Å². The molecule has 4 heteroatoms. The first-order valence-electron chi connectivity index (χ1n) is 7.48. The van der Waals surface area contributed by atoms with Crippen molar-refractivity contribution < 1.29 is 4.79 Å². The van der Waals surface area contributed by atoms with E-state index in [4.69, 9.17) is 5.84 Å². The number of nitrogens with one attached hydrogen (secondary N) is 1. The van der Waals surface area contributed by atoms with Crippen LogP contribution in [0.4, 0.5) is 0 Å². The van der Waals surface area contributed by atoms with E-state index in [1.807, 2.05) is 30.3 Å². The Balaban J connectivity index is 2.18. The molecule has 20 heavy (non-hydrogen) atoms. The zero-order valence-electron chi connectivity index (χ0n) is 12.4. The van der Waals surface area contributed by atoms with Crippen molar-refractivity contribution in [3.8, 4) is 0 Å². The summed E-state index contributed by atoms with van der Waals surface area (Å²) in [4.78, 5) is 14.6. The summed E-state index contributed by atoms with van der Waals surface area (Å²) in [6, 6.07) is 11.0. The largest absolute Gasteiger partial charge is 0.297 e. The zero-order chi connectivity index (χ0) is 14.5. The van der Waals surface area contributed by atoms with Crippen molar-refractivity contribution in [2.45, 2.75) is 51.1 Å². The minimum absolute atomic E-state index is 0.106. The summed E-state index contributed by atoms with van der Waals surface area (Å²) in [5, 5.41) is 0. The second kappa shape index (κ2) is 6.86. The number of nitrogens with two attached hydrogens (primary N) is 1. The Labute approximate surface area is 121 Å². The molecule has 3 unspecified atom stereocenters. The molecule has 1 fully saturated rings. The zero-order valence-corrected chi connectivity index (χ0v) is 12.4. The quantitative estimate of drug-likeness (QED) is 0.491. The molecule has 0 aromatic heterocycles. The maximum absolute atomic E-state index is 12.1. The Hall–Kier alpha value is -1.39. The highest BCUT2D eigenvalue weighted by molar-refractivity contribution is 5.83. The van der Waals surface area contributed by atoms with Crippen LogP contribution in [-0.4, -0.2) is 29.4 Å². The summed E-state index contributed by atoms with van der Waals surface area (Å²) < 4.78 is 0. The van der Waals surface area contributed by atoms with Gasteiger partial charge < -0.3 is 0 Å². The lowest BCUT2D eigenvalue weighted by atomic mass is 9.97. The van der Waals surface area contributed by atoms with Crippen LogP contribution in [-0.2, 0) is 4.79 Å². The Morgan fingerprint density at radius 1 is 1.40 bits per heavy atom. The molecule has 110 valence electrons. The summed E-state index contributed by atoms with van der Waals surface area (Å²) in [5.41, 5.74) is 3.35. The smallest absolute Gasteiger partial charge is 0.242 e. The second-order valence-electron chi connectivity index (χ2n) is 5.66. The monoisotopic (exact) mass is 275 g/mol. The molecule has 0 aliphatic carbocycles. The van der Waals surface area contributed by atoms with Gasteiger partial charge in [0.1, 0.15) is 0 Å². The Morgan fingerprint density at radius 2 is 2.10 bits per heavy atom. The number of hydrazine groups is 1. The molecule has 3 N–H and O–H groups in total. The van der Waals surface area contributed by atoms with E-state index in [0.29, 0.717) is 12.1 Å². The van der Waals surface area contributed by atoms with Crippen molar-refractivity contribution in [1.82, 2.24) is 10.3 Å². The number of benzene rings is 1. The summed E-state index contributed by atoms with van der Waals surface area (Å²) in [6.45, 7) is 5.21. The molecule has 1 aliphatic heterocycles. The van der Waals surface area contributed by atoms with Crippen molar-refractivity contribution in [1.29, 1.82) is 0 Å². The molecule has 0 saturated carbocycles. The highest BCUT2D eigenvalue weighted by Crippen LogP contribution is 2.29. The molecule has 0 radical (unpaired) electrons. The van der Waals surface area contributed by atoms with E-state index in [-0.39, 0.29) is 11.8 Å². The number of carbonyl (C=O) groups is 1. The van der Waals surface area contributed by atoms with Gasteiger partial charge in [-0.3, -0.25) is 15.1 Å². The van der Waals surface area contributed by atoms with Gasteiger partial charge >= 0.3 is 0 Å². The minimum atomic E-state index is -0.198. The van der Waals surface area contributed by atoms with E-state index in [1.165, 1.54) is 12.8 Å². The topological polar surface area (TPSA) is 58.4 Å². The molecule has 0 bridgehead atoms. The Kier molecular flexibility index (Phi) is 5.15. The molecule has 1 heterocycles. The third-order valence-electron chi connectivity index (χ3n) is 4.48. The summed E-state index contributed by atoms with van der Waals surface area (Å²) in [7, 11) is 0. The maximum Gasteiger partial charge on any atom is 0.242 e. The van der Waals surface area contributed by atoms with Crippen LogP contribution in [0.3, 0.4) is 0 Å². The first-order valence-corrected chi connectivity index (χ1v) is 7.48. The maximum atomic E-state index is 12.1. The van der Waals surface area contributed by atoms with E-state index in [9.17, 15) is 4.79 Å². The van der Waals surface area contributed by atoms with E-state index in [0.717, 1.165) is 18.5 Å². The molecular formula is C16H25N3O. The number of hydrogen-bond acceptors (Lipinski definition) is 3. The van der Waals surface area contributed by atoms with Gasteiger partial charge in [-0.15, -0.1) is 0 Å². The van der Waals surface area contributed by atoms with Crippen molar-refractivity contribution in [2.24, 2.45) is 5.84 Å². The summed E-state index contributed by atoms with van der Waals surface area (Å²) in [5.74, 6) is 5.06. The number of amides is 1. The van der Waals surface area contributed by atoms with Gasteiger partial charge in [0.05, 0.1) is 5.92 Å². The fourth-order valence-electron chi connectivity index (χ4n) is 3.23. The third-order valence-corrected chi connectivity index (χ3v) is 4.48. The fourth-order valence-corrected chi connectivity index (χ4v) is 3.23. The predicted molar refractivity (Wildman–Crippen MR) is 81.0 cm³/mol. The van der Waals surface area contributed by atoms with Crippen molar-refractivity contribution in [3.63, 3.8) is 0 Å². The standard InChI is InChI=1S/C16H25N3O/c1-3-14-10-9-12(2)19(14)11-15(16(20)18-17)13-7-5-4-6-8-13/h4-8,12,14-15H,3,9-11,17H2,1-2H3,(H,18,20). The van der Waals surface area contributed by atoms with Crippen LogP contribution in [0.5, 0.6) is 0 Å². The number of rotatable bonds is 5. The number of likely N-dealkylation sites (tertiary alicyclic amines) is 1. The van der Waals surface area contributed by atoms with Gasteiger partial charge in [-0.25, -0.2) is 5.84 Å². The van der Waals surface area contributed by atoms with Gasteiger partial charge in [0, 0.05) is 18.6 Å². The minimum Gasteiger partial charge on any atom is -0.297 e. The summed E-state index contributed by atoms with van der Waals surface area (Å²) in [6.07, 6.45) is 3.57. The molecule has 3 atom stereocenters. The lowest BCUT2D eigenvalue weighted by Crippen LogP contribution is -2.43. The van der Waals surface area contributed by atoms with Crippen LogP contribution in [0.15, 0.2) is 30.3 Å². The summed E-state index contributed by atoms with van der Waals surface area (Å²) >= 11 is 0. The van der Waals surface area contributed by atoms with E-state index in [2.05, 4.69) is 24.2 Å². The van der Waals surface area contributed by atoms with E-state index < -0.39 is 0 Å². The van der Waals surface area contributed by atoms with Crippen LogP contribution in [0, 0.1) is 0 Å². The molecule has 1 aliphatic rings. The van der Waals surface area contributed by atoms with Crippen LogP contribution in [0.25, 0.3) is 0 Å². The fraction of sp³-hybridized carbons (Fsp3) is 0.562. The normalized spacial score (nSPS) is 24.6. The van der Waals surface area contributed by atoms with E-state index in [1.54, 1.807) is 0 Å². The van der Waals surface area contributed by atoms with Gasteiger partial charge in [-0.1, -0.05) is 37.3 Å². The SMILES string of the molecule is CCC1CCC(C)N1CC(C(=O)NN)c1ccccc1.